The Labute approximate surface area is 167 Å². The summed E-state index contributed by atoms with van der Waals surface area (Å²) in [5.41, 5.74) is 0.367. The van der Waals surface area contributed by atoms with E-state index in [-0.39, 0.29) is 18.4 Å². The van der Waals surface area contributed by atoms with Crippen LogP contribution in [0.25, 0.3) is 0 Å². The second-order valence-electron chi connectivity index (χ2n) is 6.09. The fourth-order valence-electron chi connectivity index (χ4n) is 2.77. The summed E-state index contributed by atoms with van der Waals surface area (Å²) in [5, 5.41) is 3.09. The molecule has 0 saturated carbocycles. The highest BCUT2D eigenvalue weighted by Crippen LogP contribution is 2.22. The van der Waals surface area contributed by atoms with E-state index < -0.39 is 5.82 Å². The van der Waals surface area contributed by atoms with Crippen LogP contribution in [0.15, 0.2) is 30.6 Å². The minimum Gasteiger partial charge on any atom is -0.488 e. The van der Waals surface area contributed by atoms with E-state index in [1.54, 1.807) is 24.1 Å². The van der Waals surface area contributed by atoms with E-state index in [2.05, 4.69) is 15.3 Å². The third kappa shape index (κ3) is 5.20. The standard InChI is InChI=1S/C18H21ClFN5O3/c1-27-8-9-28-15-3-2-13(10-14(15)20)23-18(26)25-6-4-24(5-7-25)17-11-16(19)21-12-22-17/h2-3,10-12H,4-9H2,1H3,(H,23,26). The molecule has 2 amide bonds. The smallest absolute Gasteiger partial charge is 0.321 e. The van der Waals surface area contributed by atoms with Gasteiger partial charge in [0, 0.05) is 51.1 Å². The number of aromatic nitrogens is 2. The van der Waals surface area contributed by atoms with Gasteiger partial charge in [-0.05, 0) is 12.1 Å². The Balaban J connectivity index is 1.52. The third-order valence-electron chi connectivity index (χ3n) is 4.24. The number of carbonyl (C=O) groups excluding carboxylic acids is 1. The molecule has 150 valence electrons. The van der Waals surface area contributed by atoms with E-state index >= 15 is 0 Å². The number of nitrogens with one attached hydrogen (secondary N) is 1. The molecular weight excluding hydrogens is 389 g/mol. The number of hydrogen-bond donors (Lipinski definition) is 1. The molecule has 0 radical (unpaired) electrons. The molecule has 0 bridgehead atoms. The number of methoxy groups -OCH3 is 1. The number of anilines is 2. The van der Waals surface area contributed by atoms with Gasteiger partial charge in [0.15, 0.2) is 11.6 Å². The molecule has 1 aromatic heterocycles. The summed E-state index contributed by atoms with van der Waals surface area (Å²) in [6, 6.07) is 5.72. The molecule has 8 nitrogen and oxygen atoms in total. The van der Waals surface area contributed by atoms with Crippen molar-refractivity contribution in [2.75, 3.05) is 56.7 Å². The fourth-order valence-corrected chi connectivity index (χ4v) is 2.91. The zero-order valence-corrected chi connectivity index (χ0v) is 16.2. The number of piperazine rings is 1. The van der Waals surface area contributed by atoms with Crippen molar-refractivity contribution in [2.45, 2.75) is 0 Å². The Bertz CT molecular complexity index is 818. The monoisotopic (exact) mass is 409 g/mol. The van der Waals surface area contributed by atoms with Crippen molar-refractivity contribution in [3.63, 3.8) is 0 Å². The van der Waals surface area contributed by atoms with Crippen LogP contribution in [-0.4, -0.2) is 67.4 Å². The van der Waals surface area contributed by atoms with Crippen LogP contribution >= 0.6 is 11.6 Å². The van der Waals surface area contributed by atoms with Gasteiger partial charge in [0.05, 0.1) is 6.61 Å². The van der Waals surface area contributed by atoms with E-state index in [1.807, 2.05) is 4.90 Å². The van der Waals surface area contributed by atoms with Crippen molar-refractivity contribution in [1.29, 1.82) is 0 Å². The topological polar surface area (TPSA) is 79.8 Å². The highest BCUT2D eigenvalue weighted by Gasteiger charge is 2.22. The zero-order valence-electron chi connectivity index (χ0n) is 15.4. The maximum atomic E-state index is 14.1. The maximum absolute atomic E-state index is 14.1. The highest BCUT2D eigenvalue weighted by atomic mass is 35.5. The molecule has 1 N–H and O–H groups in total. The number of carbonyl (C=O) groups is 1. The Morgan fingerprint density at radius 3 is 2.68 bits per heavy atom. The van der Waals surface area contributed by atoms with Crippen LogP contribution in [0.2, 0.25) is 5.15 Å². The molecule has 3 rings (SSSR count). The fraction of sp³-hybridized carbons (Fsp3) is 0.389. The van der Waals surface area contributed by atoms with Crippen LogP contribution in [0, 0.1) is 5.82 Å². The van der Waals surface area contributed by atoms with Crippen LogP contribution in [0.3, 0.4) is 0 Å². The first-order valence-corrected chi connectivity index (χ1v) is 9.14. The van der Waals surface area contributed by atoms with Gasteiger partial charge in [-0.25, -0.2) is 19.2 Å². The summed E-state index contributed by atoms with van der Waals surface area (Å²) in [6.45, 7) is 2.86. The molecular formula is C18H21ClFN5O3. The lowest BCUT2D eigenvalue weighted by molar-refractivity contribution is 0.144. The molecule has 0 aliphatic carbocycles. The minimum absolute atomic E-state index is 0.118. The van der Waals surface area contributed by atoms with Crippen LogP contribution in [0.1, 0.15) is 0 Å². The summed E-state index contributed by atoms with van der Waals surface area (Å²) in [4.78, 5) is 24.2. The maximum Gasteiger partial charge on any atom is 0.321 e. The Hall–Kier alpha value is -2.65. The highest BCUT2D eigenvalue weighted by molar-refractivity contribution is 6.29. The molecule has 1 fully saturated rings. The molecule has 1 aromatic carbocycles. The van der Waals surface area contributed by atoms with E-state index in [1.165, 1.54) is 18.5 Å². The molecule has 2 aromatic rings. The van der Waals surface area contributed by atoms with Crippen molar-refractivity contribution in [1.82, 2.24) is 14.9 Å². The van der Waals surface area contributed by atoms with Gasteiger partial charge in [-0.1, -0.05) is 11.6 Å². The van der Waals surface area contributed by atoms with Crippen molar-refractivity contribution < 1.29 is 18.7 Å². The van der Waals surface area contributed by atoms with Crippen molar-refractivity contribution in [3.8, 4) is 5.75 Å². The lowest BCUT2D eigenvalue weighted by Crippen LogP contribution is -2.50. The van der Waals surface area contributed by atoms with E-state index in [0.29, 0.717) is 43.6 Å². The summed E-state index contributed by atoms with van der Waals surface area (Å²) in [6.07, 6.45) is 1.41. The van der Waals surface area contributed by atoms with E-state index in [0.717, 1.165) is 5.82 Å². The lowest BCUT2D eigenvalue weighted by Gasteiger charge is -2.35. The molecule has 28 heavy (non-hydrogen) atoms. The largest absolute Gasteiger partial charge is 0.488 e. The van der Waals surface area contributed by atoms with Crippen molar-refractivity contribution in [2.24, 2.45) is 0 Å². The van der Waals surface area contributed by atoms with Crippen molar-refractivity contribution in [3.05, 3.63) is 41.6 Å². The molecule has 1 aliphatic heterocycles. The summed E-state index contributed by atoms with van der Waals surface area (Å²) in [7, 11) is 1.54. The summed E-state index contributed by atoms with van der Waals surface area (Å²) in [5.74, 6) is 0.303. The quantitative estimate of drug-likeness (QED) is 0.583. The van der Waals surface area contributed by atoms with Gasteiger partial charge in [0.25, 0.3) is 0 Å². The Kier molecular flexibility index (Phi) is 6.83. The number of hydrogen-bond acceptors (Lipinski definition) is 6. The molecule has 1 saturated heterocycles. The van der Waals surface area contributed by atoms with Crippen LogP contribution in [0.5, 0.6) is 5.75 Å². The second kappa shape index (κ2) is 9.52. The van der Waals surface area contributed by atoms with Gasteiger partial charge in [0.2, 0.25) is 0 Å². The van der Waals surface area contributed by atoms with Gasteiger partial charge in [-0.3, -0.25) is 0 Å². The molecule has 2 heterocycles. The number of nitrogens with zero attached hydrogens (tertiary/aromatic N) is 4. The number of amides is 2. The molecule has 0 atom stereocenters. The van der Waals surface area contributed by atoms with Gasteiger partial charge >= 0.3 is 6.03 Å². The van der Waals surface area contributed by atoms with Gasteiger partial charge < -0.3 is 24.6 Å². The first-order chi connectivity index (χ1) is 13.6. The molecule has 0 spiro atoms. The Morgan fingerprint density at radius 1 is 1.21 bits per heavy atom. The van der Waals surface area contributed by atoms with E-state index in [9.17, 15) is 9.18 Å². The van der Waals surface area contributed by atoms with E-state index in [4.69, 9.17) is 21.1 Å². The number of urea groups is 1. The lowest BCUT2D eigenvalue weighted by atomic mass is 10.3. The average molecular weight is 410 g/mol. The molecule has 10 heteroatoms. The number of ether oxygens (including phenoxy) is 2. The Morgan fingerprint density at radius 2 is 2.00 bits per heavy atom. The number of rotatable bonds is 6. The van der Waals surface area contributed by atoms with Gasteiger partial charge in [-0.2, -0.15) is 0 Å². The third-order valence-corrected chi connectivity index (χ3v) is 4.45. The van der Waals surface area contributed by atoms with Crippen molar-refractivity contribution >= 4 is 29.1 Å². The predicted octanol–water partition coefficient (Wildman–Crippen LogP) is 2.65. The number of halogens is 2. The average Bonchev–Trinajstić information content (AvgIpc) is 2.70. The predicted molar refractivity (Wildman–Crippen MR) is 104 cm³/mol. The van der Waals surface area contributed by atoms with Crippen LogP contribution in [-0.2, 0) is 4.74 Å². The molecule has 0 unspecified atom stereocenters. The first-order valence-electron chi connectivity index (χ1n) is 8.76. The minimum atomic E-state index is -0.542. The zero-order chi connectivity index (χ0) is 19.9. The van der Waals surface area contributed by atoms with Crippen LogP contribution < -0.4 is 15.0 Å². The molecule has 1 aliphatic rings. The SMILES string of the molecule is COCCOc1ccc(NC(=O)N2CCN(c3cc(Cl)ncn3)CC2)cc1F. The van der Waals surface area contributed by atoms with Crippen LogP contribution in [0.4, 0.5) is 20.7 Å². The van der Waals surface area contributed by atoms with Gasteiger partial charge in [-0.15, -0.1) is 0 Å². The first kappa shape index (κ1) is 20.1. The summed E-state index contributed by atoms with van der Waals surface area (Å²) < 4.78 is 24.2. The van der Waals surface area contributed by atoms with Gasteiger partial charge in [0.1, 0.15) is 23.9 Å². The normalized spacial score (nSPS) is 14.1. The number of benzene rings is 1. The second-order valence-corrected chi connectivity index (χ2v) is 6.48. The summed E-state index contributed by atoms with van der Waals surface area (Å²) >= 11 is 5.89.